The van der Waals surface area contributed by atoms with Crippen molar-refractivity contribution in [2.45, 2.75) is 45.6 Å². The lowest BCUT2D eigenvalue weighted by Gasteiger charge is -2.30. The second-order valence-electron chi connectivity index (χ2n) is 5.86. The maximum Gasteiger partial charge on any atom is 0.228 e. The molecule has 1 aliphatic heterocycles. The van der Waals surface area contributed by atoms with Crippen LogP contribution in [-0.4, -0.2) is 35.1 Å². The van der Waals surface area contributed by atoms with Crippen molar-refractivity contribution in [1.82, 2.24) is 4.90 Å². The molecule has 0 bridgehead atoms. The van der Waals surface area contributed by atoms with Gasteiger partial charge in [0.15, 0.2) is 0 Å². The quantitative estimate of drug-likeness (QED) is 0.897. The van der Waals surface area contributed by atoms with E-state index in [1.54, 1.807) is 0 Å². The van der Waals surface area contributed by atoms with E-state index in [4.69, 9.17) is 0 Å². The fraction of sp³-hybridized carbons (Fsp3) is 0.588. The monoisotopic (exact) mass is 275 g/mol. The van der Waals surface area contributed by atoms with Crippen LogP contribution < -0.4 is 0 Å². The SMILES string of the molecule is CCCN1C(=O)C(CO)CC1C(C)c1ccccc1C. The van der Waals surface area contributed by atoms with Crippen LogP contribution in [0.4, 0.5) is 0 Å². The minimum atomic E-state index is -0.210. The fourth-order valence-corrected chi connectivity index (χ4v) is 3.37. The topological polar surface area (TPSA) is 40.5 Å². The summed E-state index contributed by atoms with van der Waals surface area (Å²) in [4.78, 5) is 14.3. The smallest absolute Gasteiger partial charge is 0.228 e. The molecular formula is C17H25NO2. The first kappa shape index (κ1) is 15.0. The molecule has 3 unspecified atom stereocenters. The van der Waals surface area contributed by atoms with Gasteiger partial charge in [-0.15, -0.1) is 0 Å². The van der Waals surface area contributed by atoms with Crippen molar-refractivity contribution in [2.75, 3.05) is 13.2 Å². The summed E-state index contributed by atoms with van der Waals surface area (Å²) in [5.41, 5.74) is 2.58. The van der Waals surface area contributed by atoms with Crippen molar-refractivity contribution in [3.63, 3.8) is 0 Å². The molecule has 0 spiro atoms. The van der Waals surface area contributed by atoms with Gasteiger partial charge in [-0.05, 0) is 30.9 Å². The maximum absolute atomic E-state index is 12.3. The molecule has 3 heteroatoms. The second kappa shape index (κ2) is 6.40. The van der Waals surface area contributed by atoms with Gasteiger partial charge in [-0.25, -0.2) is 0 Å². The highest BCUT2D eigenvalue weighted by Gasteiger charge is 2.41. The zero-order valence-corrected chi connectivity index (χ0v) is 12.7. The highest BCUT2D eigenvalue weighted by molar-refractivity contribution is 5.81. The Bertz CT molecular complexity index is 472. The molecule has 1 heterocycles. The lowest BCUT2D eigenvalue weighted by Crippen LogP contribution is -2.37. The van der Waals surface area contributed by atoms with Crippen molar-refractivity contribution in [3.8, 4) is 0 Å². The lowest BCUT2D eigenvalue weighted by atomic mass is 9.87. The number of rotatable bonds is 5. The molecule has 0 aromatic heterocycles. The third-order valence-electron chi connectivity index (χ3n) is 4.50. The number of amides is 1. The molecule has 0 aliphatic carbocycles. The van der Waals surface area contributed by atoms with E-state index in [9.17, 15) is 9.90 Å². The number of nitrogens with zero attached hydrogens (tertiary/aromatic N) is 1. The maximum atomic E-state index is 12.3. The average Bonchev–Trinajstić information content (AvgIpc) is 2.76. The van der Waals surface area contributed by atoms with E-state index in [2.05, 4.69) is 39.0 Å². The highest BCUT2D eigenvalue weighted by Crippen LogP contribution is 2.35. The zero-order valence-electron chi connectivity index (χ0n) is 12.7. The van der Waals surface area contributed by atoms with Gasteiger partial charge in [0.05, 0.1) is 12.5 Å². The van der Waals surface area contributed by atoms with Crippen molar-refractivity contribution in [2.24, 2.45) is 5.92 Å². The minimum Gasteiger partial charge on any atom is -0.396 e. The molecular weight excluding hydrogens is 250 g/mol. The molecule has 1 amide bonds. The molecule has 1 aromatic rings. The van der Waals surface area contributed by atoms with Crippen molar-refractivity contribution in [1.29, 1.82) is 0 Å². The summed E-state index contributed by atoms with van der Waals surface area (Å²) in [7, 11) is 0. The summed E-state index contributed by atoms with van der Waals surface area (Å²) in [6.45, 7) is 7.17. The number of carbonyl (C=O) groups is 1. The van der Waals surface area contributed by atoms with Gasteiger partial charge >= 0.3 is 0 Å². The molecule has 1 aliphatic rings. The van der Waals surface area contributed by atoms with Crippen LogP contribution in [0, 0.1) is 12.8 Å². The summed E-state index contributed by atoms with van der Waals surface area (Å²) in [5, 5.41) is 9.40. The first-order valence-corrected chi connectivity index (χ1v) is 7.57. The Morgan fingerprint density at radius 3 is 2.70 bits per heavy atom. The number of aliphatic hydroxyl groups is 1. The molecule has 1 N–H and O–H groups in total. The van der Waals surface area contributed by atoms with Gasteiger partial charge in [0, 0.05) is 18.5 Å². The lowest BCUT2D eigenvalue weighted by molar-refractivity contribution is -0.133. The zero-order chi connectivity index (χ0) is 14.7. The van der Waals surface area contributed by atoms with Crippen LogP contribution in [0.5, 0.6) is 0 Å². The number of benzene rings is 1. The Kier molecular flexibility index (Phi) is 4.81. The van der Waals surface area contributed by atoms with E-state index in [1.807, 2.05) is 11.0 Å². The van der Waals surface area contributed by atoms with Gasteiger partial charge in [0.25, 0.3) is 0 Å². The van der Waals surface area contributed by atoms with Crippen LogP contribution in [0.3, 0.4) is 0 Å². The van der Waals surface area contributed by atoms with Crippen LogP contribution >= 0.6 is 0 Å². The Hall–Kier alpha value is -1.35. The summed E-state index contributed by atoms with van der Waals surface area (Å²) in [5.74, 6) is 0.223. The Morgan fingerprint density at radius 2 is 2.10 bits per heavy atom. The molecule has 2 rings (SSSR count). The van der Waals surface area contributed by atoms with Crippen LogP contribution in [0.1, 0.15) is 43.7 Å². The molecule has 1 fully saturated rings. The molecule has 0 saturated carbocycles. The number of hydrogen-bond acceptors (Lipinski definition) is 2. The van der Waals surface area contributed by atoms with Gasteiger partial charge in [0.2, 0.25) is 5.91 Å². The van der Waals surface area contributed by atoms with Gasteiger partial charge in [-0.2, -0.15) is 0 Å². The third-order valence-corrected chi connectivity index (χ3v) is 4.50. The largest absolute Gasteiger partial charge is 0.396 e. The van der Waals surface area contributed by atoms with Crippen LogP contribution in [0.25, 0.3) is 0 Å². The fourth-order valence-electron chi connectivity index (χ4n) is 3.37. The van der Waals surface area contributed by atoms with Gasteiger partial charge in [0.1, 0.15) is 0 Å². The molecule has 110 valence electrons. The highest BCUT2D eigenvalue weighted by atomic mass is 16.3. The number of likely N-dealkylation sites (tertiary alicyclic amines) is 1. The average molecular weight is 275 g/mol. The van der Waals surface area contributed by atoms with E-state index in [-0.39, 0.29) is 24.5 Å². The van der Waals surface area contributed by atoms with E-state index >= 15 is 0 Å². The van der Waals surface area contributed by atoms with Gasteiger partial charge in [-0.1, -0.05) is 38.1 Å². The normalized spacial score (nSPS) is 24.2. The summed E-state index contributed by atoms with van der Waals surface area (Å²) >= 11 is 0. The molecule has 0 radical (unpaired) electrons. The first-order chi connectivity index (χ1) is 9.60. The van der Waals surface area contributed by atoms with E-state index < -0.39 is 0 Å². The number of hydrogen-bond donors (Lipinski definition) is 1. The molecule has 1 saturated heterocycles. The summed E-state index contributed by atoms with van der Waals surface area (Å²) in [6, 6.07) is 8.59. The number of aryl methyl sites for hydroxylation is 1. The second-order valence-corrected chi connectivity index (χ2v) is 5.86. The van der Waals surface area contributed by atoms with Crippen LogP contribution in [0.15, 0.2) is 24.3 Å². The molecule has 20 heavy (non-hydrogen) atoms. The van der Waals surface area contributed by atoms with Crippen molar-refractivity contribution in [3.05, 3.63) is 35.4 Å². The molecule has 3 atom stereocenters. The van der Waals surface area contributed by atoms with Crippen molar-refractivity contribution >= 4 is 5.91 Å². The number of aliphatic hydroxyl groups excluding tert-OH is 1. The number of carbonyl (C=O) groups excluding carboxylic acids is 1. The summed E-state index contributed by atoms with van der Waals surface area (Å²) < 4.78 is 0. The summed E-state index contributed by atoms with van der Waals surface area (Å²) in [6.07, 6.45) is 1.73. The predicted molar refractivity (Wildman–Crippen MR) is 80.6 cm³/mol. The molecule has 1 aromatic carbocycles. The third kappa shape index (κ3) is 2.73. The molecule has 3 nitrogen and oxygen atoms in total. The van der Waals surface area contributed by atoms with E-state index in [0.29, 0.717) is 5.92 Å². The van der Waals surface area contributed by atoms with Crippen molar-refractivity contribution < 1.29 is 9.90 Å². The standard InChI is InChI=1S/C17H25NO2/c1-4-9-18-16(10-14(11-19)17(18)20)13(3)15-8-6-5-7-12(15)2/h5-8,13-14,16,19H,4,9-11H2,1-3H3. The van der Waals surface area contributed by atoms with Gasteiger partial charge in [-0.3, -0.25) is 4.79 Å². The van der Waals surface area contributed by atoms with Gasteiger partial charge < -0.3 is 10.0 Å². The first-order valence-electron chi connectivity index (χ1n) is 7.57. The van der Waals surface area contributed by atoms with E-state index in [1.165, 1.54) is 11.1 Å². The van der Waals surface area contributed by atoms with Crippen LogP contribution in [0.2, 0.25) is 0 Å². The Morgan fingerprint density at radius 1 is 1.40 bits per heavy atom. The van der Waals surface area contributed by atoms with Crippen LogP contribution in [-0.2, 0) is 4.79 Å². The van der Waals surface area contributed by atoms with E-state index in [0.717, 1.165) is 19.4 Å². The minimum absolute atomic E-state index is 0.0317. The Balaban J connectivity index is 2.25. The predicted octanol–water partition coefficient (Wildman–Crippen LogP) is 2.72. The Labute approximate surface area is 121 Å².